The fraction of sp³-hybridized carbons (Fsp3) is 0.250. The largest absolute Gasteiger partial charge is 0.478 e. The second-order valence-corrected chi connectivity index (χ2v) is 6.69. The predicted molar refractivity (Wildman–Crippen MR) is 113 cm³/mol. The third-order valence-electron chi connectivity index (χ3n) is 4.77. The number of hydrogen-bond acceptors (Lipinski definition) is 6. The van der Waals surface area contributed by atoms with Crippen LogP contribution in [0, 0.1) is 0 Å². The van der Waals surface area contributed by atoms with Crippen molar-refractivity contribution < 1.29 is 9.90 Å². The summed E-state index contributed by atoms with van der Waals surface area (Å²) < 4.78 is 0. The van der Waals surface area contributed by atoms with Gasteiger partial charge in [0.25, 0.3) is 0 Å². The molecular formula is C20H22ClN5O2. The molecule has 2 heterocycles. The molecule has 0 bridgehead atoms. The van der Waals surface area contributed by atoms with E-state index in [0.29, 0.717) is 5.95 Å². The molecule has 3 aromatic rings. The van der Waals surface area contributed by atoms with Crippen LogP contribution >= 0.6 is 12.4 Å². The van der Waals surface area contributed by atoms with Crippen molar-refractivity contribution in [2.75, 3.05) is 43.4 Å². The van der Waals surface area contributed by atoms with E-state index in [1.54, 1.807) is 24.3 Å². The highest BCUT2D eigenvalue weighted by atomic mass is 35.5. The summed E-state index contributed by atoms with van der Waals surface area (Å²) in [6, 6.07) is 14.6. The number of nitrogens with one attached hydrogen (secondary N) is 1. The number of anilines is 3. The van der Waals surface area contributed by atoms with Gasteiger partial charge in [0.1, 0.15) is 5.82 Å². The van der Waals surface area contributed by atoms with E-state index in [1.165, 1.54) is 0 Å². The molecule has 0 amide bonds. The van der Waals surface area contributed by atoms with Gasteiger partial charge in [-0.3, -0.25) is 0 Å². The van der Waals surface area contributed by atoms with Gasteiger partial charge in [-0.1, -0.05) is 12.1 Å². The van der Waals surface area contributed by atoms with E-state index >= 15 is 0 Å². The molecule has 0 spiro atoms. The molecule has 146 valence electrons. The van der Waals surface area contributed by atoms with Crippen LogP contribution in [0.5, 0.6) is 0 Å². The van der Waals surface area contributed by atoms with Crippen LogP contribution in [0.1, 0.15) is 10.4 Å². The number of halogens is 1. The Morgan fingerprint density at radius 2 is 1.68 bits per heavy atom. The van der Waals surface area contributed by atoms with Crippen molar-refractivity contribution in [3.05, 3.63) is 54.1 Å². The Hall–Kier alpha value is -2.90. The van der Waals surface area contributed by atoms with Gasteiger partial charge in [-0.2, -0.15) is 4.98 Å². The lowest BCUT2D eigenvalue weighted by atomic mass is 10.2. The van der Waals surface area contributed by atoms with Crippen molar-refractivity contribution in [3.63, 3.8) is 0 Å². The summed E-state index contributed by atoms with van der Waals surface area (Å²) >= 11 is 0. The molecular weight excluding hydrogens is 378 g/mol. The van der Waals surface area contributed by atoms with E-state index in [9.17, 15) is 4.79 Å². The van der Waals surface area contributed by atoms with Crippen molar-refractivity contribution in [1.82, 2.24) is 14.9 Å². The number of rotatable bonds is 4. The number of para-hydroxylation sites is 1. The highest BCUT2D eigenvalue weighted by Gasteiger charge is 2.19. The van der Waals surface area contributed by atoms with Crippen LogP contribution in [0.3, 0.4) is 0 Å². The van der Waals surface area contributed by atoms with Gasteiger partial charge in [-0.05, 0) is 43.4 Å². The average Bonchev–Trinajstić information content (AvgIpc) is 2.68. The minimum atomic E-state index is -0.944. The van der Waals surface area contributed by atoms with E-state index in [0.717, 1.165) is 48.6 Å². The maximum absolute atomic E-state index is 11.0. The van der Waals surface area contributed by atoms with Crippen LogP contribution in [-0.2, 0) is 0 Å². The standard InChI is InChI=1S/C20H21N5O2.ClH/c1-24-10-12-25(13-11-24)18-16-4-2-3-5-17(16)22-20(23-18)21-15-8-6-14(7-9-15)19(26)27;/h2-9H,10-13H2,1H3,(H,26,27)(H,21,22,23);1H. The molecule has 1 aliphatic rings. The normalized spacial score (nSPS) is 14.5. The first kappa shape index (κ1) is 19.9. The summed E-state index contributed by atoms with van der Waals surface area (Å²) in [7, 11) is 2.13. The third-order valence-corrected chi connectivity index (χ3v) is 4.77. The molecule has 2 N–H and O–H groups in total. The number of carboxylic acid groups (broad SMARTS) is 1. The van der Waals surface area contributed by atoms with Gasteiger partial charge in [0.2, 0.25) is 5.95 Å². The van der Waals surface area contributed by atoms with E-state index < -0.39 is 5.97 Å². The minimum absolute atomic E-state index is 0. The number of likely N-dealkylation sites (N-methyl/N-ethyl adjacent to an activating group) is 1. The van der Waals surface area contributed by atoms with Crippen LogP contribution in [0.4, 0.5) is 17.5 Å². The zero-order valence-corrected chi connectivity index (χ0v) is 16.3. The topological polar surface area (TPSA) is 81.6 Å². The Kier molecular flexibility index (Phi) is 5.96. The van der Waals surface area contributed by atoms with Crippen LogP contribution in [0.2, 0.25) is 0 Å². The first-order valence-electron chi connectivity index (χ1n) is 8.91. The van der Waals surface area contributed by atoms with Crippen LogP contribution in [0.15, 0.2) is 48.5 Å². The van der Waals surface area contributed by atoms with E-state index in [2.05, 4.69) is 33.2 Å². The van der Waals surface area contributed by atoms with Crippen LogP contribution in [0.25, 0.3) is 10.9 Å². The molecule has 8 heteroatoms. The Morgan fingerprint density at radius 3 is 2.36 bits per heavy atom. The Balaban J connectivity index is 0.00000225. The summed E-state index contributed by atoms with van der Waals surface area (Å²) in [6.45, 7) is 3.84. The average molecular weight is 400 g/mol. The molecule has 0 aliphatic carbocycles. The summed E-state index contributed by atoms with van der Waals surface area (Å²) in [5.41, 5.74) is 1.88. The molecule has 28 heavy (non-hydrogen) atoms. The molecule has 1 saturated heterocycles. The molecule has 0 unspecified atom stereocenters. The molecule has 7 nitrogen and oxygen atoms in total. The molecule has 1 fully saturated rings. The van der Waals surface area contributed by atoms with Crippen molar-refractivity contribution in [2.45, 2.75) is 0 Å². The zero-order valence-electron chi connectivity index (χ0n) is 15.5. The number of piperazine rings is 1. The van der Waals surface area contributed by atoms with Gasteiger partial charge in [0.15, 0.2) is 0 Å². The first-order chi connectivity index (χ1) is 13.1. The van der Waals surface area contributed by atoms with Gasteiger partial charge in [0.05, 0.1) is 11.1 Å². The lowest BCUT2D eigenvalue weighted by Crippen LogP contribution is -2.45. The lowest BCUT2D eigenvalue weighted by Gasteiger charge is -2.33. The number of carboxylic acids is 1. The monoisotopic (exact) mass is 399 g/mol. The zero-order chi connectivity index (χ0) is 18.8. The Bertz CT molecular complexity index is 972. The summed E-state index contributed by atoms with van der Waals surface area (Å²) in [4.78, 5) is 25.0. The maximum atomic E-state index is 11.0. The fourth-order valence-electron chi connectivity index (χ4n) is 3.20. The van der Waals surface area contributed by atoms with E-state index in [1.807, 2.05) is 18.2 Å². The second-order valence-electron chi connectivity index (χ2n) is 6.69. The highest BCUT2D eigenvalue weighted by molar-refractivity contribution is 5.91. The summed E-state index contributed by atoms with van der Waals surface area (Å²) in [6.07, 6.45) is 0. The number of carbonyl (C=O) groups is 1. The van der Waals surface area contributed by atoms with Gasteiger partial charge >= 0.3 is 5.97 Å². The van der Waals surface area contributed by atoms with Crippen molar-refractivity contribution in [3.8, 4) is 0 Å². The predicted octanol–water partition coefficient (Wildman–Crippen LogP) is 3.25. The molecule has 4 rings (SSSR count). The highest BCUT2D eigenvalue weighted by Crippen LogP contribution is 2.27. The number of aromatic carboxylic acids is 1. The number of hydrogen-bond donors (Lipinski definition) is 2. The smallest absolute Gasteiger partial charge is 0.335 e. The molecule has 0 atom stereocenters. The third kappa shape index (κ3) is 4.16. The lowest BCUT2D eigenvalue weighted by molar-refractivity contribution is 0.0697. The van der Waals surface area contributed by atoms with Crippen molar-refractivity contribution >= 4 is 46.7 Å². The van der Waals surface area contributed by atoms with E-state index in [4.69, 9.17) is 10.1 Å². The first-order valence-corrected chi connectivity index (χ1v) is 8.91. The maximum Gasteiger partial charge on any atom is 0.335 e. The SMILES string of the molecule is CN1CCN(c2nc(Nc3ccc(C(=O)O)cc3)nc3ccccc23)CC1.Cl. The molecule has 2 aromatic carbocycles. The Morgan fingerprint density at radius 1 is 1.00 bits per heavy atom. The number of benzene rings is 2. The van der Waals surface area contributed by atoms with Gasteiger partial charge in [-0.25, -0.2) is 9.78 Å². The van der Waals surface area contributed by atoms with Crippen molar-refractivity contribution in [2.24, 2.45) is 0 Å². The fourth-order valence-corrected chi connectivity index (χ4v) is 3.20. The van der Waals surface area contributed by atoms with Gasteiger partial charge in [-0.15, -0.1) is 12.4 Å². The van der Waals surface area contributed by atoms with Gasteiger partial charge in [0, 0.05) is 37.3 Å². The summed E-state index contributed by atoms with van der Waals surface area (Å²) in [5, 5.41) is 13.3. The molecule has 1 aromatic heterocycles. The minimum Gasteiger partial charge on any atom is -0.478 e. The second kappa shape index (κ2) is 8.41. The summed E-state index contributed by atoms with van der Waals surface area (Å²) in [5.74, 6) is 0.491. The molecule has 0 radical (unpaired) electrons. The Labute approximate surface area is 169 Å². The van der Waals surface area contributed by atoms with Crippen LogP contribution < -0.4 is 10.2 Å². The van der Waals surface area contributed by atoms with E-state index in [-0.39, 0.29) is 18.0 Å². The van der Waals surface area contributed by atoms with Crippen molar-refractivity contribution in [1.29, 1.82) is 0 Å². The number of aromatic nitrogens is 2. The van der Waals surface area contributed by atoms with Gasteiger partial charge < -0.3 is 20.2 Å². The number of nitrogens with zero attached hydrogens (tertiary/aromatic N) is 4. The number of fused-ring (bicyclic) bond motifs is 1. The van der Waals surface area contributed by atoms with Crippen LogP contribution in [-0.4, -0.2) is 59.2 Å². The molecule has 1 aliphatic heterocycles. The molecule has 0 saturated carbocycles. The quantitative estimate of drug-likeness (QED) is 0.696.